The first-order valence-corrected chi connectivity index (χ1v) is 7.85. The Kier molecular flexibility index (Phi) is 4.46. The van der Waals surface area contributed by atoms with Gasteiger partial charge in [-0.2, -0.15) is 0 Å². The van der Waals surface area contributed by atoms with Crippen LogP contribution in [-0.2, 0) is 20.9 Å². The number of furan rings is 1. The summed E-state index contributed by atoms with van der Waals surface area (Å²) in [4.78, 5) is 40.1. The number of imide groups is 1. The molecule has 0 unspecified atom stereocenters. The third-order valence-electron chi connectivity index (χ3n) is 4.04. The van der Waals surface area contributed by atoms with Gasteiger partial charge >= 0.3 is 0 Å². The van der Waals surface area contributed by atoms with Crippen LogP contribution in [0.1, 0.15) is 25.5 Å². The van der Waals surface area contributed by atoms with Gasteiger partial charge in [-0.05, 0) is 24.3 Å². The summed E-state index contributed by atoms with van der Waals surface area (Å²) in [6, 6.07) is 11.4. The van der Waals surface area contributed by atoms with Crippen molar-refractivity contribution in [2.45, 2.75) is 32.4 Å². The van der Waals surface area contributed by atoms with E-state index < -0.39 is 6.04 Å². The standard InChI is InChI=1S/C18H18N2O4/c1-2-16(21)19(12-14-9-6-10-24-14)15-11-17(22)20(18(15)23)13-7-4-3-5-8-13/h3-10,15H,2,11-12H2,1H3/t15-/m0/s1. The van der Waals surface area contributed by atoms with Crippen LogP contribution in [0.25, 0.3) is 0 Å². The second kappa shape index (κ2) is 6.70. The second-order valence-corrected chi connectivity index (χ2v) is 5.58. The molecule has 1 aliphatic heterocycles. The number of hydrogen-bond acceptors (Lipinski definition) is 4. The molecule has 3 rings (SSSR count). The average molecular weight is 326 g/mol. The van der Waals surface area contributed by atoms with Gasteiger partial charge in [0.1, 0.15) is 11.8 Å². The summed E-state index contributed by atoms with van der Waals surface area (Å²) in [7, 11) is 0. The highest BCUT2D eigenvalue weighted by Gasteiger charge is 2.44. The molecule has 6 heteroatoms. The minimum atomic E-state index is -0.796. The average Bonchev–Trinajstić information content (AvgIpc) is 3.20. The summed E-state index contributed by atoms with van der Waals surface area (Å²) in [5.41, 5.74) is 0.525. The summed E-state index contributed by atoms with van der Waals surface area (Å²) >= 11 is 0. The maximum atomic E-state index is 12.8. The van der Waals surface area contributed by atoms with Crippen molar-refractivity contribution in [2.75, 3.05) is 4.90 Å². The fourth-order valence-corrected chi connectivity index (χ4v) is 2.85. The van der Waals surface area contributed by atoms with Crippen LogP contribution in [0.2, 0.25) is 0 Å². The van der Waals surface area contributed by atoms with E-state index in [1.54, 1.807) is 43.3 Å². The van der Waals surface area contributed by atoms with Crippen LogP contribution >= 0.6 is 0 Å². The van der Waals surface area contributed by atoms with Crippen molar-refractivity contribution < 1.29 is 18.8 Å². The van der Waals surface area contributed by atoms with E-state index >= 15 is 0 Å². The molecule has 0 spiro atoms. The van der Waals surface area contributed by atoms with Crippen LogP contribution in [0.5, 0.6) is 0 Å². The molecule has 2 heterocycles. The molecule has 1 fully saturated rings. The number of carbonyl (C=O) groups excluding carboxylic acids is 3. The third-order valence-corrected chi connectivity index (χ3v) is 4.04. The second-order valence-electron chi connectivity index (χ2n) is 5.58. The smallest absolute Gasteiger partial charge is 0.257 e. The number of carbonyl (C=O) groups is 3. The zero-order chi connectivity index (χ0) is 17.1. The molecule has 6 nitrogen and oxygen atoms in total. The molecule has 1 atom stereocenters. The van der Waals surface area contributed by atoms with Crippen molar-refractivity contribution in [3.05, 3.63) is 54.5 Å². The first-order chi connectivity index (χ1) is 11.6. The van der Waals surface area contributed by atoms with Crippen molar-refractivity contribution in [3.63, 3.8) is 0 Å². The Labute approximate surface area is 139 Å². The molecule has 0 saturated carbocycles. The maximum Gasteiger partial charge on any atom is 0.257 e. The van der Waals surface area contributed by atoms with E-state index in [4.69, 9.17) is 4.42 Å². The van der Waals surface area contributed by atoms with Gasteiger partial charge in [0.2, 0.25) is 11.8 Å². The van der Waals surface area contributed by atoms with E-state index in [1.165, 1.54) is 11.2 Å². The van der Waals surface area contributed by atoms with Gasteiger partial charge in [-0.25, -0.2) is 4.90 Å². The molecule has 0 bridgehead atoms. The van der Waals surface area contributed by atoms with Crippen molar-refractivity contribution >= 4 is 23.4 Å². The van der Waals surface area contributed by atoms with Crippen LogP contribution in [0.3, 0.4) is 0 Å². The molecule has 0 radical (unpaired) electrons. The normalized spacial score (nSPS) is 17.4. The maximum absolute atomic E-state index is 12.8. The van der Waals surface area contributed by atoms with Crippen LogP contribution in [0.4, 0.5) is 5.69 Å². The Bertz CT molecular complexity index is 740. The van der Waals surface area contributed by atoms with Crippen LogP contribution in [0.15, 0.2) is 53.1 Å². The number of benzene rings is 1. The highest BCUT2D eigenvalue weighted by Crippen LogP contribution is 2.27. The Balaban J connectivity index is 1.87. The number of hydrogen-bond donors (Lipinski definition) is 0. The minimum absolute atomic E-state index is 0.0137. The summed E-state index contributed by atoms with van der Waals surface area (Å²) in [5.74, 6) is -0.285. The molecule has 3 amide bonds. The lowest BCUT2D eigenvalue weighted by atomic mass is 10.2. The van der Waals surface area contributed by atoms with E-state index in [-0.39, 0.29) is 37.1 Å². The highest BCUT2D eigenvalue weighted by atomic mass is 16.3. The molecule has 0 N–H and O–H groups in total. The molecule has 2 aromatic rings. The predicted octanol–water partition coefficient (Wildman–Crippen LogP) is 2.35. The summed E-state index contributed by atoms with van der Waals surface area (Å²) in [6.07, 6.45) is 1.76. The lowest BCUT2D eigenvalue weighted by Crippen LogP contribution is -2.44. The molecule has 1 aliphatic rings. The fraction of sp³-hybridized carbons (Fsp3) is 0.278. The van der Waals surface area contributed by atoms with Crippen LogP contribution in [0, 0.1) is 0 Å². The van der Waals surface area contributed by atoms with Crippen molar-refractivity contribution in [2.24, 2.45) is 0 Å². The number of para-hydroxylation sites is 1. The monoisotopic (exact) mass is 326 g/mol. The molecule has 124 valence electrons. The van der Waals surface area contributed by atoms with Gasteiger partial charge in [-0.15, -0.1) is 0 Å². The quantitative estimate of drug-likeness (QED) is 0.791. The Morgan fingerprint density at radius 1 is 1.21 bits per heavy atom. The van der Waals surface area contributed by atoms with E-state index in [1.807, 2.05) is 6.07 Å². The molecule has 1 saturated heterocycles. The number of rotatable bonds is 5. The summed E-state index contributed by atoms with van der Waals surface area (Å²) in [5, 5.41) is 0. The SMILES string of the molecule is CCC(=O)N(Cc1ccco1)[C@H]1CC(=O)N(c2ccccc2)C1=O. The lowest BCUT2D eigenvalue weighted by molar-refractivity contribution is -0.139. The Morgan fingerprint density at radius 3 is 2.58 bits per heavy atom. The largest absolute Gasteiger partial charge is 0.467 e. The summed E-state index contributed by atoms with van der Waals surface area (Å²) in [6.45, 7) is 1.90. The molecular weight excluding hydrogens is 308 g/mol. The van der Waals surface area contributed by atoms with Gasteiger partial charge < -0.3 is 9.32 Å². The Hall–Kier alpha value is -2.89. The van der Waals surface area contributed by atoms with E-state index in [0.717, 1.165) is 4.90 Å². The van der Waals surface area contributed by atoms with Gasteiger partial charge in [0.05, 0.1) is 24.9 Å². The van der Waals surface area contributed by atoms with Gasteiger partial charge in [0.25, 0.3) is 5.91 Å². The number of amides is 3. The third kappa shape index (κ3) is 2.95. The van der Waals surface area contributed by atoms with Gasteiger partial charge in [-0.3, -0.25) is 14.4 Å². The molecule has 1 aromatic carbocycles. The topological polar surface area (TPSA) is 70.8 Å². The van der Waals surface area contributed by atoms with E-state index in [2.05, 4.69) is 0 Å². The molecule has 1 aromatic heterocycles. The predicted molar refractivity (Wildman–Crippen MR) is 86.9 cm³/mol. The lowest BCUT2D eigenvalue weighted by Gasteiger charge is -2.26. The fourth-order valence-electron chi connectivity index (χ4n) is 2.85. The minimum Gasteiger partial charge on any atom is -0.467 e. The summed E-state index contributed by atoms with van der Waals surface area (Å²) < 4.78 is 5.29. The van der Waals surface area contributed by atoms with Crippen molar-refractivity contribution in [3.8, 4) is 0 Å². The zero-order valence-electron chi connectivity index (χ0n) is 13.3. The van der Waals surface area contributed by atoms with Crippen molar-refractivity contribution in [1.82, 2.24) is 4.90 Å². The van der Waals surface area contributed by atoms with Crippen molar-refractivity contribution in [1.29, 1.82) is 0 Å². The first kappa shape index (κ1) is 16.0. The van der Waals surface area contributed by atoms with Gasteiger partial charge in [-0.1, -0.05) is 25.1 Å². The van der Waals surface area contributed by atoms with Gasteiger partial charge in [0, 0.05) is 6.42 Å². The molecule has 0 aliphatic carbocycles. The number of nitrogens with zero attached hydrogens (tertiary/aromatic N) is 2. The first-order valence-electron chi connectivity index (χ1n) is 7.85. The molecule has 24 heavy (non-hydrogen) atoms. The Morgan fingerprint density at radius 2 is 1.96 bits per heavy atom. The van der Waals surface area contributed by atoms with Crippen LogP contribution < -0.4 is 4.90 Å². The van der Waals surface area contributed by atoms with Crippen LogP contribution in [-0.4, -0.2) is 28.7 Å². The zero-order valence-corrected chi connectivity index (χ0v) is 13.3. The van der Waals surface area contributed by atoms with E-state index in [9.17, 15) is 14.4 Å². The molecular formula is C18H18N2O4. The van der Waals surface area contributed by atoms with Gasteiger partial charge in [0.15, 0.2) is 0 Å². The van der Waals surface area contributed by atoms with E-state index in [0.29, 0.717) is 11.4 Å². The highest BCUT2D eigenvalue weighted by molar-refractivity contribution is 6.22. The number of anilines is 1.